The Morgan fingerprint density at radius 1 is 1.40 bits per heavy atom. The molecule has 0 aromatic carbocycles. The van der Waals surface area contributed by atoms with Crippen LogP contribution >= 0.6 is 11.6 Å². The predicted octanol–water partition coefficient (Wildman–Crippen LogP) is 1.77. The van der Waals surface area contributed by atoms with Gasteiger partial charge in [0.2, 0.25) is 0 Å². The van der Waals surface area contributed by atoms with Gasteiger partial charge >= 0.3 is 11.4 Å². The lowest BCUT2D eigenvalue weighted by atomic mass is 10.4. The van der Waals surface area contributed by atoms with Crippen LogP contribution in [-0.2, 0) is 4.79 Å². The predicted molar refractivity (Wildman–Crippen MR) is 36.4 cm³/mol. The van der Waals surface area contributed by atoms with Crippen molar-refractivity contribution in [1.82, 2.24) is 0 Å². The van der Waals surface area contributed by atoms with Crippen LogP contribution in [0.25, 0.3) is 0 Å². The van der Waals surface area contributed by atoms with Crippen molar-refractivity contribution in [3.05, 3.63) is 0 Å². The van der Waals surface area contributed by atoms with E-state index >= 15 is 0 Å². The Bertz CT molecular complexity index is 108. The lowest BCUT2D eigenvalue weighted by molar-refractivity contribution is -0.137. The molecule has 0 heterocycles. The Balaban J connectivity index is 0. The first kappa shape index (κ1) is 12.0. The molecule has 0 atom stereocenters. The molecule has 0 spiro atoms. The SMILES string of the molecule is CCCC(=O)O.O=C(O)Cl. The average molecular weight is 169 g/mol. The van der Waals surface area contributed by atoms with Crippen molar-refractivity contribution in [2.75, 3.05) is 0 Å². The lowest BCUT2D eigenvalue weighted by Crippen LogP contribution is -1.90. The summed E-state index contributed by atoms with van der Waals surface area (Å²) in [6.07, 6.45) is 1.02. The summed E-state index contributed by atoms with van der Waals surface area (Å²) >= 11 is 4.19. The number of hydrogen-bond donors (Lipinski definition) is 2. The standard InChI is InChI=1S/C4H8O2.CHClO2/c1-2-3-4(5)6;2-1(3)4/h2-3H2,1H3,(H,5,6);(H,3,4). The third-order valence-corrected chi connectivity index (χ3v) is 0.464. The second-order valence-corrected chi connectivity index (χ2v) is 1.72. The zero-order chi connectivity index (χ0) is 8.57. The van der Waals surface area contributed by atoms with Crippen molar-refractivity contribution in [2.24, 2.45) is 0 Å². The van der Waals surface area contributed by atoms with E-state index in [-0.39, 0.29) is 0 Å². The third-order valence-electron chi connectivity index (χ3n) is 0.464. The number of hydrogen-bond acceptors (Lipinski definition) is 2. The van der Waals surface area contributed by atoms with Crippen LogP contribution in [0.4, 0.5) is 4.79 Å². The van der Waals surface area contributed by atoms with Crippen molar-refractivity contribution >= 4 is 23.0 Å². The van der Waals surface area contributed by atoms with Crippen LogP contribution in [0.1, 0.15) is 19.8 Å². The minimum absolute atomic E-state index is 0.292. The van der Waals surface area contributed by atoms with Gasteiger partial charge in [-0.25, -0.2) is 4.79 Å². The van der Waals surface area contributed by atoms with Gasteiger partial charge in [-0.15, -0.1) is 0 Å². The summed E-state index contributed by atoms with van der Waals surface area (Å²) in [4.78, 5) is 18.4. The number of halogens is 1. The topological polar surface area (TPSA) is 74.6 Å². The summed E-state index contributed by atoms with van der Waals surface area (Å²) in [5.41, 5.74) is -1.36. The molecule has 0 saturated carbocycles. The molecule has 0 unspecified atom stereocenters. The van der Waals surface area contributed by atoms with Gasteiger partial charge in [-0.1, -0.05) is 6.92 Å². The fraction of sp³-hybridized carbons (Fsp3) is 0.600. The van der Waals surface area contributed by atoms with Crippen LogP contribution < -0.4 is 0 Å². The summed E-state index contributed by atoms with van der Waals surface area (Å²) in [5, 5.41) is 15.1. The molecule has 5 heteroatoms. The quantitative estimate of drug-likeness (QED) is 0.617. The first-order valence-corrected chi connectivity index (χ1v) is 2.98. The van der Waals surface area contributed by atoms with Crippen LogP contribution in [0.15, 0.2) is 0 Å². The molecule has 0 aliphatic carbocycles. The van der Waals surface area contributed by atoms with E-state index in [0.29, 0.717) is 6.42 Å². The number of carboxylic acids is 1. The second kappa shape index (κ2) is 8.23. The van der Waals surface area contributed by atoms with E-state index in [1.807, 2.05) is 6.92 Å². The molecule has 0 fully saturated rings. The molecule has 0 bridgehead atoms. The minimum Gasteiger partial charge on any atom is -0.481 e. The Labute approximate surface area is 63.4 Å². The van der Waals surface area contributed by atoms with Crippen molar-refractivity contribution in [3.8, 4) is 0 Å². The van der Waals surface area contributed by atoms with E-state index < -0.39 is 11.4 Å². The fourth-order valence-corrected chi connectivity index (χ4v) is 0.214. The van der Waals surface area contributed by atoms with Crippen molar-refractivity contribution in [2.45, 2.75) is 19.8 Å². The molecule has 0 radical (unpaired) electrons. The van der Waals surface area contributed by atoms with Gasteiger partial charge in [0.15, 0.2) is 0 Å². The smallest absolute Gasteiger partial charge is 0.401 e. The van der Waals surface area contributed by atoms with Gasteiger partial charge in [-0.3, -0.25) is 4.79 Å². The highest BCUT2D eigenvalue weighted by Crippen LogP contribution is 1.82. The largest absolute Gasteiger partial charge is 0.481 e. The average Bonchev–Trinajstić information content (AvgIpc) is 1.62. The molecule has 0 aromatic heterocycles. The number of carboxylic acid groups (broad SMARTS) is 2. The van der Waals surface area contributed by atoms with Crippen LogP contribution in [0.5, 0.6) is 0 Å². The molecule has 0 saturated heterocycles. The third kappa shape index (κ3) is 56.4. The monoisotopic (exact) mass is 168 g/mol. The highest BCUT2D eigenvalue weighted by Gasteiger charge is 1.87. The van der Waals surface area contributed by atoms with Crippen LogP contribution in [0.3, 0.4) is 0 Å². The molecule has 0 aromatic rings. The maximum atomic E-state index is 9.60. The van der Waals surface area contributed by atoms with Gasteiger partial charge in [-0.2, -0.15) is 0 Å². The molecule has 60 valence electrons. The first-order chi connectivity index (χ1) is 4.50. The molecule has 0 aliphatic rings. The van der Waals surface area contributed by atoms with Gasteiger partial charge in [0.1, 0.15) is 0 Å². The summed E-state index contributed by atoms with van der Waals surface area (Å²) in [7, 11) is 0. The zero-order valence-corrected chi connectivity index (χ0v) is 6.26. The summed E-state index contributed by atoms with van der Waals surface area (Å²) < 4.78 is 0. The highest BCUT2D eigenvalue weighted by molar-refractivity contribution is 6.60. The zero-order valence-electron chi connectivity index (χ0n) is 5.50. The molecule has 0 rings (SSSR count). The van der Waals surface area contributed by atoms with E-state index in [9.17, 15) is 4.79 Å². The van der Waals surface area contributed by atoms with Gasteiger partial charge < -0.3 is 10.2 Å². The van der Waals surface area contributed by atoms with E-state index in [0.717, 1.165) is 6.42 Å². The van der Waals surface area contributed by atoms with Gasteiger partial charge in [-0.05, 0) is 6.42 Å². The summed E-state index contributed by atoms with van der Waals surface area (Å²) in [5.74, 6) is -0.711. The fourth-order valence-electron chi connectivity index (χ4n) is 0.214. The minimum atomic E-state index is -1.36. The van der Waals surface area contributed by atoms with Crippen LogP contribution in [0, 0.1) is 0 Å². The number of carbonyl (C=O) groups is 2. The normalized spacial score (nSPS) is 7.40. The van der Waals surface area contributed by atoms with Crippen LogP contribution in [-0.4, -0.2) is 21.6 Å². The Kier molecular flexibility index (Phi) is 9.84. The number of rotatable bonds is 2. The van der Waals surface area contributed by atoms with Crippen molar-refractivity contribution in [1.29, 1.82) is 0 Å². The van der Waals surface area contributed by atoms with Crippen molar-refractivity contribution in [3.63, 3.8) is 0 Å². The highest BCUT2D eigenvalue weighted by atomic mass is 35.5. The summed E-state index contributed by atoms with van der Waals surface area (Å²) in [6, 6.07) is 0. The van der Waals surface area contributed by atoms with E-state index in [2.05, 4.69) is 11.6 Å². The molecule has 0 aliphatic heterocycles. The summed E-state index contributed by atoms with van der Waals surface area (Å²) in [6.45, 7) is 1.84. The first-order valence-electron chi connectivity index (χ1n) is 2.61. The van der Waals surface area contributed by atoms with Crippen LogP contribution in [0.2, 0.25) is 0 Å². The van der Waals surface area contributed by atoms with Gasteiger partial charge in [0.25, 0.3) is 0 Å². The van der Waals surface area contributed by atoms with Gasteiger partial charge in [0, 0.05) is 18.0 Å². The molecule has 4 nitrogen and oxygen atoms in total. The molecule has 10 heavy (non-hydrogen) atoms. The molecular formula is C5H9ClO4. The van der Waals surface area contributed by atoms with Crippen molar-refractivity contribution < 1.29 is 19.8 Å². The molecule has 2 N–H and O–H groups in total. The Hall–Kier alpha value is -0.770. The second-order valence-electron chi connectivity index (χ2n) is 1.40. The molecule has 0 amide bonds. The maximum absolute atomic E-state index is 9.60. The lowest BCUT2D eigenvalue weighted by Gasteiger charge is -1.79. The Morgan fingerprint density at radius 2 is 1.70 bits per heavy atom. The Morgan fingerprint density at radius 3 is 1.70 bits per heavy atom. The van der Waals surface area contributed by atoms with E-state index in [1.54, 1.807) is 0 Å². The van der Waals surface area contributed by atoms with E-state index in [4.69, 9.17) is 15.0 Å². The van der Waals surface area contributed by atoms with Gasteiger partial charge in [0.05, 0.1) is 0 Å². The number of aliphatic carboxylic acids is 1. The molecular weight excluding hydrogens is 160 g/mol. The maximum Gasteiger partial charge on any atom is 0.401 e. The van der Waals surface area contributed by atoms with E-state index in [1.165, 1.54) is 0 Å².